The van der Waals surface area contributed by atoms with E-state index in [1.165, 1.54) is 20.0 Å². The van der Waals surface area contributed by atoms with Crippen LogP contribution >= 0.6 is 0 Å². The molecular weight excluding hydrogens is 178 g/mol. The molecule has 14 heavy (non-hydrogen) atoms. The summed E-state index contributed by atoms with van der Waals surface area (Å²) in [4.78, 5) is 11.5. The van der Waals surface area contributed by atoms with E-state index in [1.54, 1.807) is 0 Å². The van der Waals surface area contributed by atoms with Crippen molar-refractivity contribution in [1.29, 1.82) is 0 Å². The average Bonchev–Trinajstić information content (AvgIpc) is 3.01. The van der Waals surface area contributed by atoms with Crippen LogP contribution in [0, 0.1) is 5.92 Å². The second-order valence-electron chi connectivity index (χ2n) is 4.02. The first-order valence-electron chi connectivity index (χ1n) is 5.56. The van der Waals surface area contributed by atoms with Crippen LogP contribution in [0.2, 0.25) is 0 Å². The van der Waals surface area contributed by atoms with Crippen molar-refractivity contribution in [3.8, 4) is 0 Å². The van der Waals surface area contributed by atoms with Gasteiger partial charge in [-0.1, -0.05) is 26.7 Å². The summed E-state index contributed by atoms with van der Waals surface area (Å²) in [5, 5.41) is 3.37. The normalized spacial score (nSPS) is 18.3. The third kappa shape index (κ3) is 2.98. The topological polar surface area (TPSA) is 38.3 Å². The molecule has 1 aliphatic rings. The number of carbonyl (C=O) groups excluding carboxylic acids is 1. The van der Waals surface area contributed by atoms with Crippen LogP contribution in [-0.2, 0) is 9.53 Å². The Bertz CT molecular complexity index is 186. The fourth-order valence-electron chi connectivity index (χ4n) is 1.79. The summed E-state index contributed by atoms with van der Waals surface area (Å²) in [5.74, 6) is 0.300. The lowest BCUT2D eigenvalue weighted by Gasteiger charge is -2.23. The standard InChI is InChI=1S/C11H21NO2/c1-4-8(5-2)10(11(13)14-3)12-9-6-7-9/h8-10,12H,4-7H2,1-3H3. The molecule has 0 radical (unpaired) electrons. The lowest BCUT2D eigenvalue weighted by Crippen LogP contribution is -2.44. The highest BCUT2D eigenvalue weighted by Gasteiger charge is 2.32. The molecule has 0 aromatic carbocycles. The highest BCUT2D eigenvalue weighted by atomic mass is 16.5. The summed E-state index contributed by atoms with van der Waals surface area (Å²) >= 11 is 0. The van der Waals surface area contributed by atoms with Gasteiger partial charge in [-0.15, -0.1) is 0 Å². The Balaban J connectivity index is 2.52. The molecule has 0 aromatic rings. The van der Waals surface area contributed by atoms with Gasteiger partial charge in [0, 0.05) is 6.04 Å². The van der Waals surface area contributed by atoms with Crippen molar-refractivity contribution in [2.24, 2.45) is 5.92 Å². The smallest absolute Gasteiger partial charge is 0.323 e. The van der Waals surface area contributed by atoms with Gasteiger partial charge in [-0.3, -0.25) is 4.79 Å². The van der Waals surface area contributed by atoms with Gasteiger partial charge in [0.25, 0.3) is 0 Å². The fraction of sp³-hybridized carbons (Fsp3) is 0.909. The van der Waals surface area contributed by atoms with Crippen LogP contribution in [0.25, 0.3) is 0 Å². The number of hydrogen-bond donors (Lipinski definition) is 1. The van der Waals surface area contributed by atoms with Gasteiger partial charge in [0.1, 0.15) is 6.04 Å². The molecule has 0 aliphatic heterocycles. The zero-order chi connectivity index (χ0) is 10.6. The molecule has 0 spiro atoms. The Morgan fingerprint density at radius 3 is 2.36 bits per heavy atom. The van der Waals surface area contributed by atoms with Crippen LogP contribution in [0.3, 0.4) is 0 Å². The van der Waals surface area contributed by atoms with E-state index in [1.807, 2.05) is 0 Å². The summed E-state index contributed by atoms with van der Waals surface area (Å²) < 4.78 is 4.82. The molecule has 1 fully saturated rings. The van der Waals surface area contributed by atoms with E-state index in [4.69, 9.17) is 4.74 Å². The van der Waals surface area contributed by atoms with Crippen molar-refractivity contribution in [1.82, 2.24) is 5.32 Å². The fourth-order valence-corrected chi connectivity index (χ4v) is 1.79. The van der Waals surface area contributed by atoms with E-state index >= 15 is 0 Å². The van der Waals surface area contributed by atoms with E-state index in [9.17, 15) is 4.79 Å². The molecule has 3 nitrogen and oxygen atoms in total. The Labute approximate surface area is 86.2 Å². The molecule has 0 saturated heterocycles. The molecule has 1 atom stereocenters. The predicted molar refractivity (Wildman–Crippen MR) is 56.0 cm³/mol. The maximum Gasteiger partial charge on any atom is 0.323 e. The molecule has 82 valence electrons. The van der Waals surface area contributed by atoms with Gasteiger partial charge in [-0.2, -0.15) is 0 Å². The number of hydrogen-bond acceptors (Lipinski definition) is 3. The monoisotopic (exact) mass is 199 g/mol. The molecule has 0 amide bonds. The quantitative estimate of drug-likeness (QED) is 0.662. The second-order valence-corrected chi connectivity index (χ2v) is 4.02. The Morgan fingerprint density at radius 2 is 2.00 bits per heavy atom. The zero-order valence-electron chi connectivity index (χ0n) is 9.38. The molecular formula is C11H21NO2. The van der Waals surface area contributed by atoms with E-state index in [0.717, 1.165) is 12.8 Å². The minimum Gasteiger partial charge on any atom is -0.468 e. The van der Waals surface area contributed by atoms with Gasteiger partial charge in [0.05, 0.1) is 7.11 Å². The van der Waals surface area contributed by atoms with E-state index in [-0.39, 0.29) is 12.0 Å². The lowest BCUT2D eigenvalue weighted by molar-refractivity contribution is -0.144. The van der Waals surface area contributed by atoms with Crippen molar-refractivity contribution in [3.63, 3.8) is 0 Å². The van der Waals surface area contributed by atoms with Gasteiger partial charge in [0.15, 0.2) is 0 Å². The molecule has 0 heterocycles. The average molecular weight is 199 g/mol. The van der Waals surface area contributed by atoms with Gasteiger partial charge < -0.3 is 10.1 Å². The Hall–Kier alpha value is -0.570. The van der Waals surface area contributed by atoms with Gasteiger partial charge >= 0.3 is 5.97 Å². The van der Waals surface area contributed by atoms with E-state index in [0.29, 0.717) is 12.0 Å². The van der Waals surface area contributed by atoms with Crippen LogP contribution in [0.5, 0.6) is 0 Å². The Morgan fingerprint density at radius 1 is 1.43 bits per heavy atom. The molecule has 1 rings (SSSR count). The zero-order valence-corrected chi connectivity index (χ0v) is 9.38. The molecule has 1 aliphatic carbocycles. The first kappa shape index (κ1) is 11.5. The minimum absolute atomic E-state index is 0.0949. The van der Waals surface area contributed by atoms with Crippen molar-refractivity contribution < 1.29 is 9.53 Å². The van der Waals surface area contributed by atoms with Gasteiger partial charge in [-0.25, -0.2) is 0 Å². The van der Waals surface area contributed by atoms with Gasteiger partial charge in [-0.05, 0) is 18.8 Å². The van der Waals surface area contributed by atoms with Crippen molar-refractivity contribution in [2.75, 3.05) is 7.11 Å². The van der Waals surface area contributed by atoms with Crippen molar-refractivity contribution >= 4 is 5.97 Å². The summed E-state index contributed by atoms with van der Waals surface area (Å²) in [6.45, 7) is 4.25. The van der Waals surface area contributed by atoms with Crippen LogP contribution in [0.4, 0.5) is 0 Å². The SMILES string of the molecule is CCC(CC)C(NC1CC1)C(=O)OC. The number of methoxy groups -OCH3 is 1. The van der Waals surface area contributed by atoms with Crippen LogP contribution in [0.1, 0.15) is 39.5 Å². The molecule has 0 bridgehead atoms. The molecule has 0 aromatic heterocycles. The Kier molecular flexibility index (Phi) is 4.39. The summed E-state index contributed by atoms with van der Waals surface area (Å²) in [6, 6.07) is 0.460. The molecule has 3 heteroatoms. The number of nitrogens with one attached hydrogen (secondary N) is 1. The third-order valence-electron chi connectivity index (χ3n) is 2.97. The van der Waals surface area contributed by atoms with Crippen LogP contribution < -0.4 is 5.32 Å². The van der Waals surface area contributed by atoms with E-state index < -0.39 is 0 Å². The number of rotatable bonds is 6. The van der Waals surface area contributed by atoms with Gasteiger partial charge in [0.2, 0.25) is 0 Å². The first-order chi connectivity index (χ1) is 6.72. The third-order valence-corrected chi connectivity index (χ3v) is 2.97. The molecule has 1 saturated carbocycles. The second kappa shape index (κ2) is 5.35. The van der Waals surface area contributed by atoms with Crippen LogP contribution in [-0.4, -0.2) is 25.2 Å². The maximum atomic E-state index is 11.5. The van der Waals surface area contributed by atoms with Crippen molar-refractivity contribution in [3.05, 3.63) is 0 Å². The van der Waals surface area contributed by atoms with Crippen molar-refractivity contribution in [2.45, 2.75) is 51.6 Å². The number of esters is 1. The number of ether oxygens (including phenoxy) is 1. The highest BCUT2D eigenvalue weighted by molar-refractivity contribution is 5.76. The first-order valence-corrected chi connectivity index (χ1v) is 5.56. The summed E-state index contributed by atoms with van der Waals surface area (Å²) in [6.07, 6.45) is 4.45. The highest BCUT2D eigenvalue weighted by Crippen LogP contribution is 2.23. The molecule has 1 N–H and O–H groups in total. The number of carbonyl (C=O) groups is 1. The summed E-state index contributed by atoms with van der Waals surface area (Å²) in [5.41, 5.74) is 0. The summed E-state index contributed by atoms with van der Waals surface area (Å²) in [7, 11) is 1.46. The predicted octanol–water partition coefficient (Wildman–Crippen LogP) is 1.72. The molecule has 1 unspecified atom stereocenters. The maximum absolute atomic E-state index is 11.5. The lowest BCUT2D eigenvalue weighted by atomic mass is 9.94. The minimum atomic E-state index is -0.106. The van der Waals surface area contributed by atoms with Crippen LogP contribution in [0.15, 0.2) is 0 Å². The largest absolute Gasteiger partial charge is 0.468 e. The van der Waals surface area contributed by atoms with E-state index in [2.05, 4.69) is 19.2 Å².